The second-order valence-electron chi connectivity index (χ2n) is 13.9. The standard InChI is InChI=1S/C23H18F4.C23H16F4.H2/c2*24-20-11-17(16-7-5-15(6-8-16)4-3-14-1-2-14)9-10-19(20)18-12-21(25)23(27)22(26)13-18;/h5-14H,1-4H2;3-14H,1-2H2;1H/b;4-3+;. The van der Waals surface area contributed by atoms with Crippen molar-refractivity contribution in [2.75, 3.05) is 0 Å². The van der Waals surface area contributed by atoms with Gasteiger partial charge < -0.3 is 0 Å². The second kappa shape index (κ2) is 15.8. The van der Waals surface area contributed by atoms with Crippen LogP contribution in [0.15, 0.2) is 115 Å². The van der Waals surface area contributed by atoms with Crippen LogP contribution in [0.1, 0.15) is 44.7 Å². The molecule has 2 saturated carbocycles. The van der Waals surface area contributed by atoms with Crippen molar-refractivity contribution in [3.8, 4) is 44.5 Å². The van der Waals surface area contributed by atoms with Crippen molar-refractivity contribution in [1.82, 2.24) is 0 Å². The maximum Gasteiger partial charge on any atom is 0.194 e. The van der Waals surface area contributed by atoms with Crippen LogP contribution in [0.5, 0.6) is 0 Å². The monoisotopic (exact) mass is 740 g/mol. The minimum absolute atomic E-state index is 0. The molecule has 0 aromatic heterocycles. The number of benzene rings is 6. The van der Waals surface area contributed by atoms with E-state index in [1.54, 1.807) is 12.1 Å². The molecule has 6 aromatic carbocycles. The van der Waals surface area contributed by atoms with E-state index >= 15 is 0 Å². The number of hydrogen-bond donors (Lipinski definition) is 0. The summed E-state index contributed by atoms with van der Waals surface area (Å²) >= 11 is 0. The second-order valence-corrected chi connectivity index (χ2v) is 13.9. The van der Waals surface area contributed by atoms with Gasteiger partial charge in [0.2, 0.25) is 0 Å². The Labute approximate surface area is 309 Å². The normalized spacial score (nSPS) is 13.9. The van der Waals surface area contributed by atoms with Gasteiger partial charge in [-0.2, -0.15) is 0 Å². The van der Waals surface area contributed by atoms with Crippen LogP contribution in [-0.4, -0.2) is 0 Å². The predicted molar refractivity (Wildman–Crippen MR) is 199 cm³/mol. The molecule has 2 aliphatic rings. The molecule has 8 heteroatoms. The largest absolute Gasteiger partial charge is 0.206 e. The number of allylic oxidation sites excluding steroid dienone is 1. The summed E-state index contributed by atoms with van der Waals surface area (Å²) in [5.74, 6) is -8.15. The molecular formula is C46H36F8. The first-order chi connectivity index (χ1) is 26.0. The Morgan fingerprint density at radius 3 is 1.26 bits per heavy atom. The van der Waals surface area contributed by atoms with Crippen molar-refractivity contribution in [2.24, 2.45) is 11.8 Å². The van der Waals surface area contributed by atoms with Gasteiger partial charge in [-0.25, -0.2) is 35.1 Å². The Hall–Kier alpha value is -5.50. The zero-order valence-corrected chi connectivity index (χ0v) is 29.0. The molecule has 2 aliphatic carbocycles. The van der Waals surface area contributed by atoms with Gasteiger partial charge in [-0.1, -0.05) is 97.8 Å². The van der Waals surface area contributed by atoms with E-state index in [4.69, 9.17) is 0 Å². The van der Waals surface area contributed by atoms with Crippen molar-refractivity contribution in [1.29, 1.82) is 0 Å². The van der Waals surface area contributed by atoms with Crippen molar-refractivity contribution < 1.29 is 36.5 Å². The van der Waals surface area contributed by atoms with E-state index in [2.05, 4.69) is 12.2 Å². The third-order valence-electron chi connectivity index (χ3n) is 9.78. The fraction of sp³-hybridized carbons (Fsp3) is 0.174. The summed E-state index contributed by atoms with van der Waals surface area (Å²) in [6, 6.07) is 27.8. The Morgan fingerprint density at radius 2 is 0.852 bits per heavy atom. The molecule has 0 radical (unpaired) electrons. The van der Waals surface area contributed by atoms with Gasteiger partial charge in [-0.3, -0.25) is 0 Å². The third kappa shape index (κ3) is 8.82. The highest BCUT2D eigenvalue weighted by atomic mass is 19.2. The Kier molecular flexibility index (Phi) is 10.8. The van der Waals surface area contributed by atoms with Crippen LogP contribution in [0.25, 0.3) is 50.6 Å². The number of aryl methyl sites for hydroxylation is 1. The van der Waals surface area contributed by atoms with Crippen molar-refractivity contribution in [3.63, 3.8) is 0 Å². The average molecular weight is 741 g/mol. The van der Waals surface area contributed by atoms with Crippen LogP contribution < -0.4 is 0 Å². The summed E-state index contributed by atoms with van der Waals surface area (Å²) in [6.45, 7) is 0. The lowest BCUT2D eigenvalue weighted by Gasteiger charge is -2.09. The molecule has 0 amide bonds. The molecule has 2 fully saturated rings. The number of halogens is 8. The van der Waals surface area contributed by atoms with Gasteiger partial charge in [-0.15, -0.1) is 0 Å². The number of hydrogen-bond acceptors (Lipinski definition) is 0. The van der Waals surface area contributed by atoms with E-state index in [9.17, 15) is 35.1 Å². The van der Waals surface area contributed by atoms with Crippen molar-refractivity contribution in [3.05, 3.63) is 173 Å². The molecular weight excluding hydrogens is 704 g/mol. The first kappa shape index (κ1) is 36.8. The van der Waals surface area contributed by atoms with E-state index < -0.39 is 46.5 Å². The Balaban J connectivity index is 0.000000184. The fourth-order valence-electron chi connectivity index (χ4n) is 6.24. The van der Waals surface area contributed by atoms with Crippen molar-refractivity contribution in [2.45, 2.75) is 38.5 Å². The van der Waals surface area contributed by atoms with E-state index in [0.717, 1.165) is 53.3 Å². The topological polar surface area (TPSA) is 0 Å². The third-order valence-corrected chi connectivity index (χ3v) is 9.78. The summed E-state index contributed by atoms with van der Waals surface area (Å²) in [5, 5.41) is 0. The van der Waals surface area contributed by atoms with E-state index in [0.29, 0.717) is 17.0 Å². The smallest absolute Gasteiger partial charge is 0.194 e. The van der Waals surface area contributed by atoms with E-state index in [1.807, 2.05) is 48.5 Å². The quantitative estimate of drug-likeness (QED) is 0.102. The molecule has 0 heterocycles. The molecule has 54 heavy (non-hydrogen) atoms. The van der Waals surface area contributed by atoms with Crippen LogP contribution in [0.2, 0.25) is 0 Å². The molecule has 0 saturated heterocycles. The molecule has 0 unspecified atom stereocenters. The highest BCUT2D eigenvalue weighted by Gasteiger charge is 2.21. The first-order valence-corrected chi connectivity index (χ1v) is 17.8. The lowest BCUT2D eigenvalue weighted by Crippen LogP contribution is -1.94. The molecule has 0 atom stereocenters. The van der Waals surface area contributed by atoms with E-state index in [-0.39, 0.29) is 23.7 Å². The van der Waals surface area contributed by atoms with Crippen LogP contribution in [0.3, 0.4) is 0 Å². The molecule has 276 valence electrons. The lowest BCUT2D eigenvalue weighted by molar-refractivity contribution is 0.447. The summed E-state index contributed by atoms with van der Waals surface area (Å²) in [7, 11) is 0. The van der Waals surface area contributed by atoms with Crippen LogP contribution in [0, 0.1) is 58.4 Å². The van der Waals surface area contributed by atoms with Gasteiger partial charge in [0.15, 0.2) is 34.9 Å². The Morgan fingerprint density at radius 1 is 0.444 bits per heavy atom. The van der Waals surface area contributed by atoms with Gasteiger partial charge >= 0.3 is 0 Å². The lowest BCUT2D eigenvalue weighted by atomic mass is 9.98. The van der Waals surface area contributed by atoms with Crippen LogP contribution in [-0.2, 0) is 6.42 Å². The maximum atomic E-state index is 14.5. The summed E-state index contributed by atoms with van der Waals surface area (Å²) < 4.78 is 109. The van der Waals surface area contributed by atoms with Crippen molar-refractivity contribution >= 4 is 6.08 Å². The number of rotatable bonds is 9. The van der Waals surface area contributed by atoms with Gasteiger partial charge in [0, 0.05) is 12.6 Å². The molecule has 0 nitrogen and oxygen atoms in total. The summed E-state index contributed by atoms with van der Waals surface area (Å²) in [4.78, 5) is 0. The Bertz CT molecular complexity index is 2280. The zero-order valence-electron chi connectivity index (χ0n) is 29.0. The minimum atomic E-state index is -1.56. The highest BCUT2D eigenvalue weighted by molar-refractivity contribution is 5.73. The molecule has 0 spiro atoms. The van der Waals surface area contributed by atoms with E-state index in [1.165, 1.54) is 61.9 Å². The van der Waals surface area contributed by atoms with Gasteiger partial charge in [0.1, 0.15) is 11.6 Å². The zero-order chi connectivity index (χ0) is 37.9. The highest BCUT2D eigenvalue weighted by Crippen LogP contribution is 2.35. The SMILES string of the molecule is Fc1cc(-c2ccc(/C=C/C3CC3)cc2)ccc1-c1cc(F)c(F)c(F)c1.Fc1cc(-c2ccc(CCC3CC3)cc2)ccc1-c1cc(F)c(F)c(F)c1.[HH]. The van der Waals surface area contributed by atoms with Crippen LogP contribution >= 0.6 is 0 Å². The molecule has 0 bridgehead atoms. The molecule has 8 rings (SSSR count). The summed E-state index contributed by atoms with van der Waals surface area (Å²) in [5.41, 5.74) is 5.33. The van der Waals surface area contributed by atoms with Crippen LogP contribution in [0.4, 0.5) is 35.1 Å². The molecule has 6 aromatic rings. The predicted octanol–water partition coefficient (Wildman–Crippen LogP) is 14.2. The molecule has 0 N–H and O–H groups in total. The first-order valence-electron chi connectivity index (χ1n) is 17.8. The molecule has 0 aliphatic heterocycles. The fourth-order valence-corrected chi connectivity index (χ4v) is 6.24. The van der Waals surface area contributed by atoms with Gasteiger partial charge in [0.25, 0.3) is 0 Å². The minimum Gasteiger partial charge on any atom is -0.206 e. The van der Waals surface area contributed by atoms with Gasteiger partial charge in [-0.05, 0) is 118 Å². The average Bonchev–Trinajstić information content (AvgIpc) is 4.11. The summed E-state index contributed by atoms with van der Waals surface area (Å²) in [6.07, 6.45) is 11.7. The maximum absolute atomic E-state index is 14.5. The van der Waals surface area contributed by atoms with Gasteiger partial charge in [0.05, 0.1) is 0 Å².